The Kier molecular flexibility index (Phi) is 3.88. The van der Waals surface area contributed by atoms with Crippen LogP contribution < -0.4 is 0 Å². The van der Waals surface area contributed by atoms with E-state index in [-0.39, 0.29) is 17.9 Å². The molecule has 142 valence electrons. The molecule has 0 saturated heterocycles. The summed E-state index contributed by atoms with van der Waals surface area (Å²) in [6, 6.07) is 14.2. The second kappa shape index (κ2) is 6.31. The van der Waals surface area contributed by atoms with Crippen molar-refractivity contribution in [3.8, 4) is 11.3 Å². The highest BCUT2D eigenvalue weighted by Crippen LogP contribution is 2.49. The second-order valence-corrected chi connectivity index (χ2v) is 7.98. The van der Waals surface area contributed by atoms with Crippen LogP contribution in [0.5, 0.6) is 0 Å². The molecule has 1 aliphatic carbocycles. The summed E-state index contributed by atoms with van der Waals surface area (Å²) in [5.74, 6) is 0.0618. The average Bonchev–Trinajstić information content (AvgIpc) is 3.29. The van der Waals surface area contributed by atoms with E-state index in [2.05, 4.69) is 33.8 Å². The fourth-order valence-electron chi connectivity index (χ4n) is 4.85. The van der Waals surface area contributed by atoms with Crippen LogP contribution in [0.15, 0.2) is 55.0 Å². The minimum Gasteiger partial charge on any atom is -0.388 e. The van der Waals surface area contributed by atoms with E-state index >= 15 is 0 Å². The van der Waals surface area contributed by atoms with Gasteiger partial charge in [-0.25, -0.2) is 4.98 Å². The first kappa shape index (κ1) is 17.2. The SMILES string of the molecule is CN(C)C(=O)c1ccc2c(c1)CC[C@@H](C1c3ccccc3-c3cncn31)[C@@H]2O. The molecule has 2 aromatic carbocycles. The van der Waals surface area contributed by atoms with Crippen LogP contribution in [-0.4, -0.2) is 39.6 Å². The molecule has 1 aromatic heterocycles. The van der Waals surface area contributed by atoms with Crippen molar-refractivity contribution < 1.29 is 9.90 Å². The number of imidazole rings is 1. The van der Waals surface area contributed by atoms with Crippen LogP contribution in [0.3, 0.4) is 0 Å². The topological polar surface area (TPSA) is 58.4 Å². The predicted octanol–water partition coefficient (Wildman–Crippen LogP) is 3.45. The number of hydrogen-bond acceptors (Lipinski definition) is 3. The van der Waals surface area contributed by atoms with Gasteiger partial charge in [0.05, 0.1) is 30.4 Å². The summed E-state index contributed by atoms with van der Waals surface area (Å²) in [5.41, 5.74) is 6.27. The zero-order valence-corrected chi connectivity index (χ0v) is 16.0. The minimum atomic E-state index is -0.571. The first-order valence-electron chi connectivity index (χ1n) is 9.70. The fourth-order valence-corrected chi connectivity index (χ4v) is 4.85. The number of hydrogen-bond donors (Lipinski definition) is 1. The van der Waals surface area contributed by atoms with Gasteiger partial charge in [0.2, 0.25) is 0 Å². The minimum absolute atomic E-state index is 0.00723. The smallest absolute Gasteiger partial charge is 0.253 e. The van der Waals surface area contributed by atoms with E-state index in [1.54, 1.807) is 19.0 Å². The molecule has 5 heteroatoms. The molecule has 28 heavy (non-hydrogen) atoms. The van der Waals surface area contributed by atoms with Gasteiger partial charge in [0.25, 0.3) is 5.91 Å². The Bertz CT molecular complexity index is 1070. The van der Waals surface area contributed by atoms with Crippen LogP contribution in [0.25, 0.3) is 11.3 Å². The monoisotopic (exact) mass is 373 g/mol. The Labute approximate surface area is 164 Å². The molecule has 2 heterocycles. The third kappa shape index (κ3) is 2.43. The van der Waals surface area contributed by atoms with Crippen molar-refractivity contribution in [2.45, 2.75) is 25.0 Å². The van der Waals surface area contributed by atoms with E-state index in [9.17, 15) is 9.90 Å². The molecule has 3 aromatic rings. The molecule has 0 spiro atoms. The number of aromatic nitrogens is 2. The lowest BCUT2D eigenvalue weighted by Crippen LogP contribution is -2.29. The molecule has 0 saturated carbocycles. The van der Waals surface area contributed by atoms with E-state index in [0.717, 1.165) is 29.7 Å². The molecule has 5 nitrogen and oxygen atoms in total. The molecule has 1 unspecified atom stereocenters. The first-order chi connectivity index (χ1) is 13.6. The Morgan fingerprint density at radius 1 is 1.18 bits per heavy atom. The highest BCUT2D eigenvalue weighted by molar-refractivity contribution is 5.94. The van der Waals surface area contributed by atoms with Crippen LogP contribution in [-0.2, 0) is 6.42 Å². The largest absolute Gasteiger partial charge is 0.388 e. The summed E-state index contributed by atoms with van der Waals surface area (Å²) < 4.78 is 2.20. The van der Waals surface area contributed by atoms with Gasteiger partial charge in [0, 0.05) is 31.1 Å². The zero-order valence-electron chi connectivity index (χ0n) is 16.0. The number of carbonyl (C=O) groups is 1. The van der Waals surface area contributed by atoms with Crippen LogP contribution in [0.2, 0.25) is 0 Å². The molecular formula is C23H23N3O2. The number of carbonyl (C=O) groups excluding carboxylic acids is 1. The fraction of sp³-hybridized carbons (Fsp3) is 0.304. The van der Waals surface area contributed by atoms with E-state index in [4.69, 9.17) is 0 Å². The molecule has 5 rings (SSSR count). The lowest BCUT2D eigenvalue weighted by molar-refractivity contribution is 0.0717. The summed E-state index contributed by atoms with van der Waals surface area (Å²) in [4.78, 5) is 18.2. The number of aliphatic hydroxyl groups excluding tert-OH is 1. The van der Waals surface area contributed by atoms with Crippen molar-refractivity contribution in [1.82, 2.24) is 14.5 Å². The van der Waals surface area contributed by atoms with Crippen LogP contribution in [0.4, 0.5) is 0 Å². The maximum atomic E-state index is 12.3. The normalized spacial score (nSPS) is 22.3. The molecule has 0 radical (unpaired) electrons. The maximum Gasteiger partial charge on any atom is 0.253 e. The van der Waals surface area contributed by atoms with Crippen molar-refractivity contribution in [2.75, 3.05) is 14.1 Å². The van der Waals surface area contributed by atoms with Crippen molar-refractivity contribution in [3.63, 3.8) is 0 Å². The summed E-state index contributed by atoms with van der Waals surface area (Å²) in [6.07, 6.45) is 4.93. The first-order valence-corrected chi connectivity index (χ1v) is 9.70. The highest BCUT2D eigenvalue weighted by atomic mass is 16.3. The van der Waals surface area contributed by atoms with Gasteiger partial charge in [-0.2, -0.15) is 0 Å². The second-order valence-electron chi connectivity index (χ2n) is 7.98. The summed E-state index contributed by atoms with van der Waals surface area (Å²) in [5, 5.41) is 11.3. The zero-order chi connectivity index (χ0) is 19.4. The Morgan fingerprint density at radius 3 is 2.82 bits per heavy atom. The quantitative estimate of drug-likeness (QED) is 0.748. The van der Waals surface area contributed by atoms with Crippen molar-refractivity contribution in [3.05, 3.63) is 77.2 Å². The van der Waals surface area contributed by atoms with Crippen LogP contribution in [0.1, 0.15) is 45.6 Å². The van der Waals surface area contributed by atoms with Gasteiger partial charge in [0.15, 0.2) is 0 Å². The number of aryl methyl sites for hydroxylation is 1. The van der Waals surface area contributed by atoms with E-state index < -0.39 is 6.10 Å². The Hall–Kier alpha value is -2.92. The third-order valence-corrected chi connectivity index (χ3v) is 6.19. The van der Waals surface area contributed by atoms with Crippen molar-refractivity contribution in [2.24, 2.45) is 5.92 Å². The lowest BCUT2D eigenvalue weighted by atomic mass is 9.75. The Morgan fingerprint density at radius 2 is 2.00 bits per heavy atom. The summed E-state index contributed by atoms with van der Waals surface area (Å²) >= 11 is 0. The maximum absolute atomic E-state index is 12.3. The van der Waals surface area contributed by atoms with E-state index in [1.807, 2.05) is 30.7 Å². The molecule has 0 bridgehead atoms. The predicted molar refractivity (Wildman–Crippen MR) is 107 cm³/mol. The number of amides is 1. The average molecular weight is 373 g/mol. The van der Waals surface area contributed by atoms with Gasteiger partial charge in [-0.15, -0.1) is 0 Å². The summed E-state index contributed by atoms with van der Waals surface area (Å²) in [6.45, 7) is 0. The van der Waals surface area contributed by atoms with E-state index in [1.165, 1.54) is 11.1 Å². The van der Waals surface area contributed by atoms with Gasteiger partial charge in [-0.3, -0.25) is 4.79 Å². The van der Waals surface area contributed by atoms with Gasteiger partial charge < -0.3 is 14.6 Å². The van der Waals surface area contributed by atoms with E-state index in [0.29, 0.717) is 5.56 Å². The number of benzene rings is 2. The van der Waals surface area contributed by atoms with Gasteiger partial charge in [-0.1, -0.05) is 30.3 Å². The lowest BCUT2D eigenvalue weighted by Gasteiger charge is -2.35. The number of fused-ring (bicyclic) bond motifs is 4. The van der Waals surface area contributed by atoms with Gasteiger partial charge in [0.1, 0.15) is 0 Å². The van der Waals surface area contributed by atoms with Crippen molar-refractivity contribution in [1.29, 1.82) is 0 Å². The molecule has 1 amide bonds. The molecular weight excluding hydrogens is 350 g/mol. The van der Waals surface area contributed by atoms with Gasteiger partial charge >= 0.3 is 0 Å². The molecule has 1 N–H and O–H groups in total. The molecule has 3 atom stereocenters. The molecule has 2 aliphatic rings. The number of rotatable bonds is 2. The summed E-state index contributed by atoms with van der Waals surface area (Å²) in [7, 11) is 3.51. The molecule has 0 fully saturated rings. The highest BCUT2D eigenvalue weighted by Gasteiger charge is 2.40. The number of aliphatic hydroxyl groups is 1. The Balaban J connectivity index is 1.53. The standard InChI is InChI=1S/C23H23N3O2/c1-25(2)23(28)15-8-9-16-14(11-15)7-10-19(22(16)27)21-18-6-4-3-5-17(18)20-12-24-13-26(20)21/h3-6,8-9,11-13,19,21-22,27H,7,10H2,1-2H3/t19-,21?,22+/m0/s1. The number of nitrogens with zero attached hydrogens (tertiary/aromatic N) is 3. The van der Waals surface area contributed by atoms with Crippen LogP contribution >= 0.6 is 0 Å². The third-order valence-electron chi connectivity index (χ3n) is 6.19. The van der Waals surface area contributed by atoms with Crippen LogP contribution in [0, 0.1) is 5.92 Å². The van der Waals surface area contributed by atoms with Gasteiger partial charge in [-0.05, 0) is 41.7 Å². The van der Waals surface area contributed by atoms with Crippen molar-refractivity contribution >= 4 is 5.91 Å². The molecule has 1 aliphatic heterocycles.